The second-order valence-corrected chi connectivity index (χ2v) is 9.66. The molecule has 1 N–H and O–H groups in total. The van der Waals surface area contributed by atoms with Crippen LogP contribution in [0.3, 0.4) is 0 Å². The maximum absolute atomic E-state index is 12.8. The van der Waals surface area contributed by atoms with E-state index < -0.39 is 0 Å². The van der Waals surface area contributed by atoms with Crippen LogP contribution in [0.25, 0.3) is 22.5 Å². The van der Waals surface area contributed by atoms with Gasteiger partial charge in [0.05, 0.1) is 3.57 Å². The zero-order valence-electron chi connectivity index (χ0n) is 20.1. The van der Waals surface area contributed by atoms with E-state index in [1.807, 2.05) is 81.7 Å². The van der Waals surface area contributed by atoms with E-state index in [1.165, 1.54) is 0 Å². The Kier molecular flexibility index (Phi) is 7.82. The van der Waals surface area contributed by atoms with Gasteiger partial charge in [-0.25, -0.2) is 0 Å². The van der Waals surface area contributed by atoms with Crippen molar-refractivity contribution >= 4 is 34.2 Å². The van der Waals surface area contributed by atoms with Crippen molar-refractivity contribution in [2.75, 3.05) is 32.6 Å². The van der Waals surface area contributed by atoms with E-state index in [2.05, 4.69) is 42.9 Å². The van der Waals surface area contributed by atoms with Crippen molar-refractivity contribution in [1.82, 2.24) is 15.0 Å². The van der Waals surface area contributed by atoms with E-state index in [4.69, 9.17) is 9.26 Å². The molecule has 0 aliphatic rings. The Balaban J connectivity index is 1.45. The van der Waals surface area contributed by atoms with Crippen LogP contribution in [-0.4, -0.2) is 48.2 Å². The molecule has 0 spiro atoms. The number of nitrogens with one attached hydrogen (secondary N) is 1. The molecule has 180 valence electrons. The molecule has 0 atom stereocenters. The number of halogens is 1. The van der Waals surface area contributed by atoms with Gasteiger partial charge in [0.1, 0.15) is 12.4 Å². The number of benzene rings is 3. The van der Waals surface area contributed by atoms with Crippen LogP contribution in [0.5, 0.6) is 5.75 Å². The molecule has 7 nitrogen and oxygen atoms in total. The topological polar surface area (TPSA) is 80.5 Å². The van der Waals surface area contributed by atoms with Gasteiger partial charge < -0.3 is 19.5 Å². The van der Waals surface area contributed by atoms with Crippen LogP contribution in [0.15, 0.2) is 65.2 Å². The first-order valence-electron chi connectivity index (χ1n) is 11.2. The molecule has 0 saturated carbocycles. The molecule has 0 unspecified atom stereocenters. The van der Waals surface area contributed by atoms with E-state index >= 15 is 0 Å². The van der Waals surface area contributed by atoms with Crippen LogP contribution >= 0.6 is 22.6 Å². The number of carbonyl (C=O) groups excluding carboxylic acids is 1. The fourth-order valence-corrected chi connectivity index (χ4v) is 4.07. The summed E-state index contributed by atoms with van der Waals surface area (Å²) < 4.78 is 12.0. The molecule has 1 aromatic heterocycles. The van der Waals surface area contributed by atoms with Crippen molar-refractivity contribution in [2.24, 2.45) is 0 Å². The fourth-order valence-electron chi connectivity index (χ4n) is 3.58. The minimum absolute atomic E-state index is 0.170. The quantitative estimate of drug-likeness (QED) is 0.264. The molecule has 3 aromatic carbocycles. The Morgan fingerprint density at radius 2 is 1.77 bits per heavy atom. The van der Waals surface area contributed by atoms with Crippen LogP contribution in [0.2, 0.25) is 0 Å². The predicted octanol–water partition coefficient (Wildman–Crippen LogP) is 5.82. The van der Waals surface area contributed by atoms with Crippen molar-refractivity contribution in [3.63, 3.8) is 0 Å². The summed E-state index contributed by atoms with van der Waals surface area (Å²) in [5, 5.41) is 6.95. The molecule has 0 aliphatic heterocycles. The second-order valence-electron chi connectivity index (χ2n) is 8.50. The van der Waals surface area contributed by atoms with Gasteiger partial charge in [0.25, 0.3) is 5.91 Å². The molecule has 0 saturated heterocycles. The third kappa shape index (κ3) is 6.26. The number of aryl methyl sites for hydroxylation is 2. The van der Waals surface area contributed by atoms with Crippen molar-refractivity contribution in [3.8, 4) is 28.3 Å². The van der Waals surface area contributed by atoms with Crippen molar-refractivity contribution in [1.29, 1.82) is 0 Å². The maximum atomic E-state index is 12.8. The molecule has 1 amide bonds. The van der Waals surface area contributed by atoms with Crippen LogP contribution in [-0.2, 0) is 0 Å². The van der Waals surface area contributed by atoms with E-state index in [9.17, 15) is 4.79 Å². The third-order valence-corrected chi connectivity index (χ3v) is 6.35. The van der Waals surface area contributed by atoms with Gasteiger partial charge in [-0.05, 0) is 90.6 Å². The number of hydrogen-bond donors (Lipinski definition) is 1. The summed E-state index contributed by atoms with van der Waals surface area (Å²) in [7, 11) is 4.01. The Labute approximate surface area is 218 Å². The number of aromatic nitrogens is 2. The number of likely N-dealkylation sites (N-methyl/N-ethyl adjacent to an activating group) is 1. The van der Waals surface area contributed by atoms with Crippen LogP contribution < -0.4 is 10.1 Å². The van der Waals surface area contributed by atoms with Gasteiger partial charge in [-0.3, -0.25) is 4.79 Å². The standard InChI is InChI=1S/C27H27IN4O3/c1-17-15-21(26-29-18(2)35-31-26)9-11-23(17)19-5-7-20(8-6-19)27(33)30-22-10-12-24(28)25(16-22)34-14-13-32(3)4/h5-12,15-16H,13-14H2,1-4H3,(H,30,33). The molecule has 0 fully saturated rings. The van der Waals surface area contributed by atoms with E-state index in [-0.39, 0.29) is 5.91 Å². The van der Waals surface area contributed by atoms with E-state index in [1.54, 1.807) is 6.92 Å². The summed E-state index contributed by atoms with van der Waals surface area (Å²) in [5.41, 5.74) is 5.38. The number of nitrogens with zero attached hydrogens (tertiary/aromatic N) is 3. The SMILES string of the molecule is Cc1nc(-c2ccc(-c3ccc(C(=O)Nc4ccc(I)c(OCCN(C)C)c4)cc3)c(C)c2)no1. The Bertz CT molecular complexity index is 1330. The molecule has 4 aromatic rings. The predicted molar refractivity (Wildman–Crippen MR) is 146 cm³/mol. The fraction of sp³-hybridized carbons (Fsp3) is 0.222. The smallest absolute Gasteiger partial charge is 0.255 e. The van der Waals surface area contributed by atoms with E-state index in [0.717, 1.165) is 38.1 Å². The van der Waals surface area contributed by atoms with Crippen LogP contribution in [0.4, 0.5) is 5.69 Å². The lowest BCUT2D eigenvalue weighted by Crippen LogP contribution is -2.19. The van der Waals surface area contributed by atoms with E-state index in [0.29, 0.717) is 29.6 Å². The molecule has 4 rings (SSSR count). The summed E-state index contributed by atoms with van der Waals surface area (Å²) in [6.07, 6.45) is 0. The molecule has 0 bridgehead atoms. The van der Waals surface area contributed by atoms with Crippen molar-refractivity contribution in [3.05, 3.63) is 81.3 Å². The lowest BCUT2D eigenvalue weighted by molar-refractivity contribution is 0.102. The minimum Gasteiger partial charge on any atom is -0.491 e. The van der Waals surface area contributed by atoms with Gasteiger partial charge in [0.15, 0.2) is 0 Å². The number of hydrogen-bond acceptors (Lipinski definition) is 6. The highest BCUT2D eigenvalue weighted by Gasteiger charge is 2.12. The Morgan fingerprint density at radius 3 is 2.43 bits per heavy atom. The van der Waals surface area contributed by atoms with Gasteiger partial charge in [-0.1, -0.05) is 29.4 Å². The van der Waals surface area contributed by atoms with Crippen LogP contribution in [0.1, 0.15) is 21.8 Å². The van der Waals surface area contributed by atoms with Crippen molar-refractivity contribution < 1.29 is 14.1 Å². The Morgan fingerprint density at radius 1 is 1.03 bits per heavy atom. The molecular formula is C27H27IN4O3. The number of rotatable bonds is 8. The minimum atomic E-state index is -0.170. The summed E-state index contributed by atoms with van der Waals surface area (Å²) in [6, 6.07) is 19.3. The molecule has 8 heteroatoms. The maximum Gasteiger partial charge on any atom is 0.255 e. The zero-order valence-corrected chi connectivity index (χ0v) is 22.3. The average molecular weight is 582 g/mol. The zero-order chi connectivity index (χ0) is 24.9. The van der Waals surface area contributed by atoms with Crippen molar-refractivity contribution in [2.45, 2.75) is 13.8 Å². The van der Waals surface area contributed by atoms with Crippen LogP contribution in [0, 0.1) is 17.4 Å². The van der Waals surface area contributed by atoms with Gasteiger partial charge in [0, 0.05) is 36.3 Å². The number of amides is 1. The lowest BCUT2D eigenvalue weighted by atomic mass is 9.97. The third-order valence-electron chi connectivity index (χ3n) is 5.46. The summed E-state index contributed by atoms with van der Waals surface area (Å²) in [4.78, 5) is 19.2. The number of anilines is 1. The highest BCUT2D eigenvalue weighted by Crippen LogP contribution is 2.29. The molecule has 1 heterocycles. The molecule has 0 aliphatic carbocycles. The van der Waals surface area contributed by atoms with Gasteiger partial charge in [-0.15, -0.1) is 0 Å². The van der Waals surface area contributed by atoms with Gasteiger partial charge in [0.2, 0.25) is 11.7 Å². The first-order valence-corrected chi connectivity index (χ1v) is 12.3. The highest BCUT2D eigenvalue weighted by atomic mass is 127. The summed E-state index contributed by atoms with van der Waals surface area (Å²) in [5.74, 6) is 1.70. The normalized spacial score (nSPS) is 11.0. The molecule has 35 heavy (non-hydrogen) atoms. The largest absolute Gasteiger partial charge is 0.491 e. The number of ether oxygens (including phenoxy) is 1. The van der Waals surface area contributed by atoms with Gasteiger partial charge >= 0.3 is 0 Å². The number of carbonyl (C=O) groups is 1. The summed E-state index contributed by atoms with van der Waals surface area (Å²) >= 11 is 2.23. The molecule has 0 radical (unpaired) electrons. The first-order chi connectivity index (χ1) is 16.8. The van der Waals surface area contributed by atoms with Gasteiger partial charge in [-0.2, -0.15) is 4.98 Å². The summed E-state index contributed by atoms with van der Waals surface area (Å²) in [6.45, 7) is 5.21. The monoisotopic (exact) mass is 582 g/mol. The highest BCUT2D eigenvalue weighted by molar-refractivity contribution is 14.1. The first kappa shape index (κ1) is 24.9. The Hall–Kier alpha value is -3.24. The second kappa shape index (κ2) is 11.0. The average Bonchev–Trinajstić information content (AvgIpc) is 3.27. The molecular weight excluding hydrogens is 555 g/mol. The lowest BCUT2D eigenvalue weighted by Gasteiger charge is -2.14.